The van der Waals surface area contributed by atoms with E-state index in [-0.39, 0.29) is 5.38 Å². The molecule has 0 aromatic carbocycles. The topological polar surface area (TPSA) is 24.9 Å². The van der Waals surface area contributed by atoms with Crippen molar-refractivity contribution in [2.75, 3.05) is 11.9 Å². The number of aromatic nitrogens is 1. The highest BCUT2D eigenvalue weighted by molar-refractivity contribution is 7.13. The number of anilines is 1. The summed E-state index contributed by atoms with van der Waals surface area (Å²) in [4.78, 5) is 4.34. The summed E-state index contributed by atoms with van der Waals surface area (Å²) >= 11 is 7.96. The maximum absolute atomic E-state index is 6.32. The van der Waals surface area contributed by atoms with Crippen LogP contribution in [0.2, 0.25) is 0 Å². The Bertz CT molecular complexity index is 284. The fourth-order valence-corrected chi connectivity index (χ4v) is 2.72. The lowest BCUT2D eigenvalue weighted by molar-refractivity contribution is 0.475. The van der Waals surface area contributed by atoms with Crippen LogP contribution in [0.15, 0.2) is 5.38 Å². The Labute approximate surface area is 101 Å². The second-order valence-corrected chi connectivity index (χ2v) is 5.19. The molecule has 0 amide bonds. The molecule has 1 unspecified atom stereocenters. The zero-order valence-corrected chi connectivity index (χ0v) is 11.2. The van der Waals surface area contributed by atoms with Crippen LogP contribution in [0.1, 0.15) is 32.4 Å². The molecule has 0 aliphatic heterocycles. The Morgan fingerprint density at radius 3 is 2.60 bits per heavy atom. The van der Waals surface area contributed by atoms with Gasteiger partial charge in [-0.1, -0.05) is 26.7 Å². The van der Waals surface area contributed by atoms with Crippen LogP contribution in [0.25, 0.3) is 0 Å². The minimum absolute atomic E-state index is 0.198. The minimum Gasteiger partial charge on any atom is -0.360 e. The lowest BCUT2D eigenvalue weighted by Crippen LogP contribution is -2.22. The predicted octanol–water partition coefficient (Wildman–Crippen LogP) is 3.91. The zero-order chi connectivity index (χ0) is 11.3. The maximum atomic E-state index is 6.32. The van der Waals surface area contributed by atoms with Crippen molar-refractivity contribution in [2.24, 2.45) is 5.92 Å². The molecular formula is C11H19ClN2S. The van der Waals surface area contributed by atoms with Crippen molar-refractivity contribution in [2.45, 2.75) is 39.0 Å². The van der Waals surface area contributed by atoms with Gasteiger partial charge in [0, 0.05) is 11.9 Å². The first kappa shape index (κ1) is 12.8. The van der Waals surface area contributed by atoms with Crippen LogP contribution < -0.4 is 5.32 Å². The summed E-state index contributed by atoms with van der Waals surface area (Å²) in [5.41, 5.74) is 1.07. The van der Waals surface area contributed by atoms with Gasteiger partial charge in [0.15, 0.2) is 5.13 Å². The van der Waals surface area contributed by atoms with Crippen molar-refractivity contribution < 1.29 is 0 Å². The number of halogens is 1. The molecule has 0 saturated heterocycles. The summed E-state index contributed by atoms with van der Waals surface area (Å²) in [6.45, 7) is 7.19. The number of aryl methyl sites for hydroxylation is 1. The molecule has 1 N–H and O–H groups in total. The maximum Gasteiger partial charge on any atom is 0.182 e. The molecule has 1 heterocycles. The Balaban J connectivity index is 2.36. The second kappa shape index (κ2) is 6.33. The van der Waals surface area contributed by atoms with E-state index in [0.29, 0.717) is 5.92 Å². The molecule has 0 aliphatic carbocycles. The van der Waals surface area contributed by atoms with Gasteiger partial charge < -0.3 is 5.32 Å². The molecule has 1 aromatic rings. The summed E-state index contributed by atoms with van der Waals surface area (Å²) < 4.78 is 0. The highest BCUT2D eigenvalue weighted by Crippen LogP contribution is 2.20. The number of nitrogens with zero attached hydrogens (tertiary/aromatic N) is 1. The highest BCUT2D eigenvalue weighted by Gasteiger charge is 2.15. The predicted molar refractivity (Wildman–Crippen MR) is 69.1 cm³/mol. The van der Waals surface area contributed by atoms with Crippen LogP contribution in [0.5, 0.6) is 0 Å². The molecule has 86 valence electrons. The van der Waals surface area contributed by atoms with E-state index in [0.717, 1.165) is 30.2 Å². The van der Waals surface area contributed by atoms with Gasteiger partial charge in [-0.2, -0.15) is 0 Å². The molecule has 1 rings (SSSR count). The number of nitrogens with one attached hydrogen (secondary N) is 1. The Morgan fingerprint density at radius 2 is 2.13 bits per heavy atom. The van der Waals surface area contributed by atoms with Crippen molar-refractivity contribution in [3.8, 4) is 0 Å². The highest BCUT2D eigenvalue weighted by atomic mass is 35.5. The first-order valence-corrected chi connectivity index (χ1v) is 6.79. The van der Waals surface area contributed by atoms with Gasteiger partial charge >= 0.3 is 0 Å². The summed E-state index contributed by atoms with van der Waals surface area (Å²) in [6.07, 6.45) is 2.28. The lowest BCUT2D eigenvalue weighted by atomic mass is 9.99. The van der Waals surface area contributed by atoms with E-state index in [4.69, 9.17) is 11.6 Å². The fourth-order valence-electron chi connectivity index (χ4n) is 1.59. The van der Waals surface area contributed by atoms with Gasteiger partial charge in [0.25, 0.3) is 0 Å². The number of hydrogen-bond donors (Lipinski definition) is 1. The van der Waals surface area contributed by atoms with Crippen LogP contribution in [-0.4, -0.2) is 16.9 Å². The lowest BCUT2D eigenvalue weighted by Gasteiger charge is -2.19. The molecule has 0 spiro atoms. The summed E-state index contributed by atoms with van der Waals surface area (Å²) in [5, 5.41) is 6.51. The van der Waals surface area contributed by atoms with Crippen LogP contribution in [0.3, 0.4) is 0 Å². The third kappa shape index (κ3) is 3.99. The molecular weight excluding hydrogens is 228 g/mol. The molecule has 1 aromatic heterocycles. The number of hydrogen-bond acceptors (Lipinski definition) is 3. The van der Waals surface area contributed by atoms with E-state index in [1.165, 1.54) is 0 Å². The molecule has 0 fully saturated rings. The molecule has 0 saturated carbocycles. The van der Waals surface area contributed by atoms with E-state index in [2.05, 4.69) is 24.1 Å². The van der Waals surface area contributed by atoms with Crippen molar-refractivity contribution >= 4 is 28.1 Å². The van der Waals surface area contributed by atoms with Gasteiger partial charge in [-0.25, -0.2) is 4.98 Å². The number of alkyl halides is 1. The van der Waals surface area contributed by atoms with Crippen LogP contribution in [0, 0.1) is 12.8 Å². The number of thiazole rings is 1. The van der Waals surface area contributed by atoms with Crippen LogP contribution in [-0.2, 0) is 0 Å². The van der Waals surface area contributed by atoms with E-state index in [1.54, 1.807) is 11.3 Å². The first-order valence-electron chi connectivity index (χ1n) is 5.47. The first-order chi connectivity index (χ1) is 7.17. The van der Waals surface area contributed by atoms with Gasteiger partial charge in [0.1, 0.15) is 0 Å². The van der Waals surface area contributed by atoms with Gasteiger partial charge in [-0.15, -0.1) is 22.9 Å². The Morgan fingerprint density at radius 1 is 1.47 bits per heavy atom. The van der Waals surface area contributed by atoms with Crippen molar-refractivity contribution in [3.63, 3.8) is 0 Å². The van der Waals surface area contributed by atoms with Crippen LogP contribution in [0.4, 0.5) is 5.13 Å². The molecule has 2 nitrogen and oxygen atoms in total. The van der Waals surface area contributed by atoms with E-state index in [1.807, 2.05) is 12.3 Å². The zero-order valence-electron chi connectivity index (χ0n) is 9.59. The summed E-state index contributed by atoms with van der Waals surface area (Å²) in [5.74, 6) is 0.597. The molecule has 0 aliphatic rings. The number of rotatable bonds is 6. The van der Waals surface area contributed by atoms with Gasteiger partial charge in [-0.05, 0) is 12.8 Å². The molecule has 0 bridgehead atoms. The average molecular weight is 247 g/mol. The normalized spacial score (nSPS) is 13.1. The van der Waals surface area contributed by atoms with Crippen molar-refractivity contribution in [3.05, 3.63) is 11.1 Å². The third-order valence-corrected chi connectivity index (χ3v) is 4.06. The van der Waals surface area contributed by atoms with Gasteiger partial charge in [0.2, 0.25) is 0 Å². The van der Waals surface area contributed by atoms with E-state index >= 15 is 0 Å². The monoisotopic (exact) mass is 246 g/mol. The van der Waals surface area contributed by atoms with Crippen LogP contribution >= 0.6 is 22.9 Å². The molecule has 0 radical (unpaired) electrons. The standard InChI is InChI=1S/C11H19ClN2S/c1-4-9(5-2)10(12)6-13-11-14-8(3)7-15-11/h7,9-10H,4-6H2,1-3H3,(H,13,14). The quantitative estimate of drug-likeness (QED) is 0.770. The average Bonchev–Trinajstić information content (AvgIpc) is 2.63. The summed E-state index contributed by atoms with van der Waals surface area (Å²) in [7, 11) is 0. The van der Waals surface area contributed by atoms with Gasteiger partial charge in [0.05, 0.1) is 11.1 Å². The summed E-state index contributed by atoms with van der Waals surface area (Å²) in [6, 6.07) is 0. The second-order valence-electron chi connectivity index (χ2n) is 3.77. The third-order valence-electron chi connectivity index (χ3n) is 2.63. The SMILES string of the molecule is CCC(CC)C(Cl)CNc1nc(C)cs1. The molecule has 1 atom stereocenters. The Kier molecular flexibility index (Phi) is 5.40. The molecule has 4 heteroatoms. The largest absolute Gasteiger partial charge is 0.360 e. The smallest absolute Gasteiger partial charge is 0.182 e. The van der Waals surface area contributed by atoms with E-state index in [9.17, 15) is 0 Å². The van der Waals surface area contributed by atoms with E-state index < -0.39 is 0 Å². The minimum atomic E-state index is 0.198. The van der Waals surface area contributed by atoms with Crippen molar-refractivity contribution in [1.82, 2.24) is 4.98 Å². The molecule has 15 heavy (non-hydrogen) atoms. The van der Waals surface area contributed by atoms with Crippen molar-refractivity contribution in [1.29, 1.82) is 0 Å². The van der Waals surface area contributed by atoms with Gasteiger partial charge in [-0.3, -0.25) is 0 Å². The Hall–Kier alpha value is -0.280. The fraction of sp³-hybridized carbons (Fsp3) is 0.727.